The summed E-state index contributed by atoms with van der Waals surface area (Å²) in [5.41, 5.74) is 8.31. The van der Waals surface area contributed by atoms with E-state index in [0.29, 0.717) is 25.3 Å². The molecule has 2 rings (SSSR count). The van der Waals surface area contributed by atoms with Gasteiger partial charge in [0.1, 0.15) is 5.75 Å². The molecule has 4 nitrogen and oxygen atoms in total. The van der Waals surface area contributed by atoms with E-state index < -0.39 is 0 Å². The second kappa shape index (κ2) is 9.87. The van der Waals surface area contributed by atoms with Crippen molar-refractivity contribution in [2.45, 2.75) is 19.9 Å². The first-order chi connectivity index (χ1) is 10.7. The molecule has 23 heavy (non-hydrogen) atoms. The molecule has 1 amide bonds. The Balaban J connectivity index is 0.00000264. The van der Waals surface area contributed by atoms with Crippen LogP contribution in [0.1, 0.15) is 28.4 Å². The molecule has 5 heteroatoms. The lowest BCUT2D eigenvalue weighted by Gasteiger charge is -2.10. The van der Waals surface area contributed by atoms with Crippen molar-refractivity contribution in [2.75, 3.05) is 13.2 Å². The fourth-order valence-electron chi connectivity index (χ4n) is 2.21. The van der Waals surface area contributed by atoms with Crippen molar-refractivity contribution in [3.8, 4) is 5.75 Å². The van der Waals surface area contributed by atoms with Crippen molar-refractivity contribution >= 4 is 18.3 Å². The van der Waals surface area contributed by atoms with Crippen LogP contribution < -0.4 is 15.8 Å². The van der Waals surface area contributed by atoms with Crippen LogP contribution in [0.2, 0.25) is 0 Å². The van der Waals surface area contributed by atoms with Crippen LogP contribution in [0.3, 0.4) is 0 Å². The third kappa shape index (κ3) is 5.58. The molecular weight excluding hydrogens is 312 g/mol. The highest BCUT2D eigenvalue weighted by atomic mass is 35.5. The molecule has 0 saturated heterocycles. The largest absolute Gasteiger partial charge is 0.494 e. The maximum Gasteiger partial charge on any atom is 0.251 e. The number of hydrogen-bond acceptors (Lipinski definition) is 3. The molecule has 0 aliphatic heterocycles. The number of rotatable bonds is 7. The maximum absolute atomic E-state index is 12.1. The number of carbonyl (C=O) groups excluding carboxylic acids is 1. The van der Waals surface area contributed by atoms with E-state index >= 15 is 0 Å². The molecule has 3 N–H and O–H groups in total. The lowest BCUT2D eigenvalue weighted by Crippen LogP contribution is -2.25. The monoisotopic (exact) mass is 334 g/mol. The molecule has 0 aromatic heterocycles. The second-order valence-corrected chi connectivity index (χ2v) is 4.95. The van der Waals surface area contributed by atoms with E-state index in [1.54, 1.807) is 12.1 Å². The molecular formula is C18H23ClN2O2. The Kier molecular flexibility index (Phi) is 8.16. The summed E-state index contributed by atoms with van der Waals surface area (Å²) < 4.78 is 5.58. The maximum atomic E-state index is 12.1. The Morgan fingerprint density at radius 1 is 1.13 bits per heavy atom. The number of benzene rings is 2. The minimum atomic E-state index is -0.0718. The lowest BCUT2D eigenvalue weighted by atomic mass is 10.1. The highest BCUT2D eigenvalue weighted by molar-refractivity contribution is 5.94. The van der Waals surface area contributed by atoms with Gasteiger partial charge < -0.3 is 15.8 Å². The van der Waals surface area contributed by atoms with E-state index in [1.165, 1.54) is 0 Å². The van der Waals surface area contributed by atoms with Crippen LogP contribution in [-0.2, 0) is 13.0 Å². The van der Waals surface area contributed by atoms with Crippen molar-refractivity contribution in [1.82, 2.24) is 5.32 Å². The molecule has 0 aliphatic carbocycles. The molecule has 0 aliphatic rings. The van der Waals surface area contributed by atoms with Crippen LogP contribution in [0.5, 0.6) is 5.75 Å². The summed E-state index contributed by atoms with van der Waals surface area (Å²) in [5.74, 6) is 0.809. The van der Waals surface area contributed by atoms with Crippen LogP contribution >= 0.6 is 12.4 Å². The quantitative estimate of drug-likeness (QED) is 0.818. The van der Waals surface area contributed by atoms with E-state index in [2.05, 4.69) is 5.32 Å². The van der Waals surface area contributed by atoms with Gasteiger partial charge in [0.05, 0.1) is 6.61 Å². The molecule has 0 spiro atoms. The number of nitrogens with two attached hydrogens (primary N) is 1. The number of amides is 1. The minimum absolute atomic E-state index is 0. The number of para-hydroxylation sites is 1. The van der Waals surface area contributed by atoms with Crippen LogP contribution in [-0.4, -0.2) is 19.1 Å². The van der Waals surface area contributed by atoms with Gasteiger partial charge in [-0.05, 0) is 42.7 Å². The van der Waals surface area contributed by atoms with E-state index in [1.807, 2.05) is 43.3 Å². The molecule has 0 unspecified atom stereocenters. The number of nitrogens with one attached hydrogen (secondary N) is 1. The number of ether oxygens (including phenoxy) is 1. The molecule has 0 saturated carbocycles. The Bertz CT molecular complexity index is 615. The number of halogens is 1. The van der Waals surface area contributed by atoms with Gasteiger partial charge in [-0.25, -0.2) is 0 Å². The summed E-state index contributed by atoms with van der Waals surface area (Å²) >= 11 is 0. The number of carbonyl (C=O) groups is 1. The van der Waals surface area contributed by atoms with Crippen LogP contribution in [0.25, 0.3) is 0 Å². The molecule has 0 bridgehead atoms. The highest BCUT2D eigenvalue weighted by Crippen LogP contribution is 2.18. The zero-order valence-electron chi connectivity index (χ0n) is 13.2. The van der Waals surface area contributed by atoms with Gasteiger partial charge in [0.25, 0.3) is 5.91 Å². The topological polar surface area (TPSA) is 64.3 Å². The SMILES string of the molecule is CCOc1ccccc1CCNC(=O)c1ccc(CN)cc1.Cl. The molecule has 124 valence electrons. The zero-order chi connectivity index (χ0) is 15.8. The Morgan fingerprint density at radius 2 is 1.83 bits per heavy atom. The first kappa shape index (κ1) is 19.0. The Labute approximate surface area is 143 Å². The van der Waals surface area contributed by atoms with E-state index in [9.17, 15) is 4.79 Å². The van der Waals surface area contributed by atoms with Gasteiger partial charge in [0.15, 0.2) is 0 Å². The summed E-state index contributed by atoms with van der Waals surface area (Å²) in [6.45, 7) is 3.65. The standard InChI is InChI=1S/C18H22N2O2.ClH/c1-2-22-17-6-4-3-5-15(17)11-12-20-18(21)16-9-7-14(13-19)8-10-16;/h3-10H,2,11-13,19H2,1H3,(H,20,21);1H. The molecule has 0 radical (unpaired) electrons. The minimum Gasteiger partial charge on any atom is -0.494 e. The second-order valence-electron chi connectivity index (χ2n) is 4.95. The van der Waals surface area contributed by atoms with Crippen LogP contribution in [0, 0.1) is 0 Å². The number of hydrogen-bond donors (Lipinski definition) is 2. The van der Waals surface area contributed by atoms with Crippen LogP contribution in [0.4, 0.5) is 0 Å². The van der Waals surface area contributed by atoms with Gasteiger partial charge in [0.2, 0.25) is 0 Å². The third-order valence-corrected chi connectivity index (χ3v) is 3.40. The predicted molar refractivity (Wildman–Crippen MR) is 95.2 cm³/mol. The Hall–Kier alpha value is -2.04. The molecule has 2 aromatic rings. The van der Waals surface area contributed by atoms with Gasteiger partial charge in [-0.15, -0.1) is 12.4 Å². The Morgan fingerprint density at radius 3 is 2.48 bits per heavy atom. The van der Waals surface area contributed by atoms with Gasteiger partial charge in [0, 0.05) is 18.7 Å². The summed E-state index contributed by atoms with van der Waals surface area (Å²) in [7, 11) is 0. The molecule has 0 fully saturated rings. The summed E-state index contributed by atoms with van der Waals surface area (Å²) in [6, 6.07) is 15.2. The zero-order valence-corrected chi connectivity index (χ0v) is 14.1. The fourth-order valence-corrected chi connectivity index (χ4v) is 2.21. The predicted octanol–water partition coefficient (Wildman–Crippen LogP) is 2.94. The van der Waals surface area contributed by atoms with Crippen molar-refractivity contribution in [3.05, 3.63) is 65.2 Å². The third-order valence-electron chi connectivity index (χ3n) is 3.40. The van der Waals surface area contributed by atoms with Crippen molar-refractivity contribution in [1.29, 1.82) is 0 Å². The normalized spacial score (nSPS) is 9.83. The van der Waals surface area contributed by atoms with Crippen molar-refractivity contribution in [3.63, 3.8) is 0 Å². The summed E-state index contributed by atoms with van der Waals surface area (Å²) in [6.07, 6.45) is 0.739. The van der Waals surface area contributed by atoms with Crippen molar-refractivity contribution in [2.24, 2.45) is 5.73 Å². The van der Waals surface area contributed by atoms with E-state index in [-0.39, 0.29) is 18.3 Å². The lowest BCUT2D eigenvalue weighted by molar-refractivity contribution is 0.0954. The fraction of sp³-hybridized carbons (Fsp3) is 0.278. The first-order valence-corrected chi connectivity index (χ1v) is 7.52. The average Bonchev–Trinajstić information content (AvgIpc) is 2.56. The van der Waals surface area contributed by atoms with Gasteiger partial charge >= 0.3 is 0 Å². The first-order valence-electron chi connectivity index (χ1n) is 7.52. The van der Waals surface area contributed by atoms with Crippen molar-refractivity contribution < 1.29 is 9.53 Å². The molecule has 0 atom stereocenters. The van der Waals surface area contributed by atoms with Gasteiger partial charge in [-0.3, -0.25) is 4.79 Å². The summed E-state index contributed by atoms with van der Waals surface area (Å²) in [5, 5.41) is 2.93. The molecule has 0 heterocycles. The smallest absolute Gasteiger partial charge is 0.251 e. The highest BCUT2D eigenvalue weighted by Gasteiger charge is 2.06. The summed E-state index contributed by atoms with van der Waals surface area (Å²) in [4.78, 5) is 12.1. The molecule has 2 aromatic carbocycles. The average molecular weight is 335 g/mol. The van der Waals surface area contributed by atoms with Gasteiger partial charge in [-0.1, -0.05) is 30.3 Å². The van der Waals surface area contributed by atoms with E-state index in [0.717, 1.165) is 23.3 Å². The van der Waals surface area contributed by atoms with Gasteiger partial charge in [-0.2, -0.15) is 0 Å². The van der Waals surface area contributed by atoms with Crippen LogP contribution in [0.15, 0.2) is 48.5 Å². The van der Waals surface area contributed by atoms with E-state index in [4.69, 9.17) is 10.5 Å².